The van der Waals surface area contributed by atoms with Gasteiger partial charge in [0.25, 0.3) is 0 Å². The molecule has 2 unspecified atom stereocenters. The van der Waals surface area contributed by atoms with Crippen molar-refractivity contribution in [2.75, 3.05) is 19.6 Å². The molecule has 0 aromatic carbocycles. The van der Waals surface area contributed by atoms with Crippen molar-refractivity contribution >= 4 is 29.6 Å². The number of hydrogen-bond donors (Lipinski definition) is 3. The number of rotatable bonds is 8. The average molecular weight is 356 g/mol. The zero-order valence-electron chi connectivity index (χ0n) is 14.4. The monoisotopic (exact) mass is 356 g/mol. The summed E-state index contributed by atoms with van der Waals surface area (Å²) < 4.78 is 0. The van der Waals surface area contributed by atoms with Gasteiger partial charge in [-0.15, -0.1) is 0 Å². The zero-order chi connectivity index (χ0) is 19.1. The van der Waals surface area contributed by atoms with Crippen molar-refractivity contribution in [3.8, 4) is 0 Å². The van der Waals surface area contributed by atoms with Crippen LogP contribution in [0, 0.1) is 0 Å². The number of nitrogens with zero attached hydrogens (tertiary/aromatic N) is 2. The minimum absolute atomic E-state index is 0.125. The van der Waals surface area contributed by atoms with Crippen LogP contribution in [0.5, 0.6) is 0 Å². The Balaban J connectivity index is 2.61. The van der Waals surface area contributed by atoms with Gasteiger partial charge in [0.05, 0.1) is 6.54 Å². The molecule has 1 aliphatic heterocycles. The highest BCUT2D eigenvalue weighted by atomic mass is 16.4. The van der Waals surface area contributed by atoms with Crippen LogP contribution in [0.3, 0.4) is 0 Å². The van der Waals surface area contributed by atoms with Crippen LogP contribution in [-0.4, -0.2) is 76.2 Å². The highest BCUT2D eigenvalue weighted by Crippen LogP contribution is 2.12. The zero-order valence-corrected chi connectivity index (χ0v) is 14.4. The molecule has 2 atom stereocenters. The Hall–Kier alpha value is -2.65. The normalized spacial score (nSPS) is 18.6. The number of nitrogens with one attached hydrogen (secondary N) is 1. The molecule has 140 valence electrons. The van der Waals surface area contributed by atoms with Crippen molar-refractivity contribution in [3.05, 3.63) is 0 Å². The molecule has 1 saturated heterocycles. The van der Waals surface area contributed by atoms with E-state index in [4.69, 9.17) is 10.8 Å². The minimum Gasteiger partial charge on any atom is -0.480 e. The summed E-state index contributed by atoms with van der Waals surface area (Å²) in [5, 5.41) is 11.3. The summed E-state index contributed by atoms with van der Waals surface area (Å²) in [6, 6.07) is -1.92. The molecule has 0 aliphatic carbocycles. The Labute approximate surface area is 145 Å². The second kappa shape index (κ2) is 9.00. The van der Waals surface area contributed by atoms with Crippen LogP contribution in [0.2, 0.25) is 0 Å². The van der Waals surface area contributed by atoms with Gasteiger partial charge in [-0.1, -0.05) is 6.92 Å². The smallest absolute Gasteiger partial charge is 0.326 e. The molecule has 4 N–H and O–H groups in total. The quantitative estimate of drug-likeness (QED) is 0.471. The molecule has 10 nitrogen and oxygen atoms in total. The van der Waals surface area contributed by atoms with E-state index < -0.39 is 29.9 Å². The number of carbonyl (C=O) groups excluding carboxylic acids is 4. The van der Waals surface area contributed by atoms with Crippen LogP contribution in [-0.2, 0) is 24.0 Å². The summed E-state index contributed by atoms with van der Waals surface area (Å²) in [6.07, 6.45) is -0.0111. The molecule has 4 amide bonds. The second-order valence-corrected chi connectivity index (χ2v) is 5.84. The third-order valence-electron chi connectivity index (χ3n) is 4.02. The van der Waals surface area contributed by atoms with E-state index in [-0.39, 0.29) is 44.2 Å². The molecule has 1 aliphatic rings. The van der Waals surface area contributed by atoms with E-state index >= 15 is 0 Å². The van der Waals surface area contributed by atoms with E-state index in [0.29, 0.717) is 6.54 Å². The SMILES string of the molecule is CCC(=O)N1CCN(CC(=O)NC(CCC(N)=O)C(=O)O)C(=O)C1C. The lowest BCUT2D eigenvalue weighted by atomic mass is 10.1. The fourth-order valence-corrected chi connectivity index (χ4v) is 2.59. The first-order valence-electron chi connectivity index (χ1n) is 8.06. The molecule has 0 spiro atoms. The molecule has 0 aromatic rings. The third kappa shape index (κ3) is 5.73. The van der Waals surface area contributed by atoms with Crippen molar-refractivity contribution in [3.63, 3.8) is 0 Å². The summed E-state index contributed by atoms with van der Waals surface area (Å²) in [7, 11) is 0. The molecule has 0 saturated carbocycles. The molecule has 10 heteroatoms. The topological polar surface area (TPSA) is 150 Å². The fourth-order valence-electron chi connectivity index (χ4n) is 2.59. The molecule has 1 heterocycles. The number of carbonyl (C=O) groups is 5. The largest absolute Gasteiger partial charge is 0.480 e. The van der Waals surface area contributed by atoms with E-state index in [0.717, 1.165) is 0 Å². The second-order valence-electron chi connectivity index (χ2n) is 5.84. The van der Waals surface area contributed by atoms with E-state index in [1.54, 1.807) is 13.8 Å². The minimum atomic E-state index is -1.28. The van der Waals surface area contributed by atoms with Gasteiger partial charge in [-0.3, -0.25) is 19.2 Å². The molecular formula is C15H24N4O6. The number of aliphatic carboxylic acids is 1. The molecular weight excluding hydrogens is 332 g/mol. The van der Waals surface area contributed by atoms with E-state index in [1.165, 1.54) is 9.80 Å². The third-order valence-corrected chi connectivity index (χ3v) is 4.02. The maximum Gasteiger partial charge on any atom is 0.326 e. The number of carboxylic acid groups (broad SMARTS) is 1. The van der Waals surface area contributed by atoms with Gasteiger partial charge in [-0.25, -0.2) is 4.79 Å². The lowest BCUT2D eigenvalue weighted by Crippen LogP contribution is -2.59. The van der Waals surface area contributed by atoms with E-state index in [1.807, 2.05) is 0 Å². The van der Waals surface area contributed by atoms with Crippen LogP contribution in [0.4, 0.5) is 0 Å². The van der Waals surface area contributed by atoms with Gasteiger partial charge in [-0.05, 0) is 13.3 Å². The highest BCUT2D eigenvalue weighted by Gasteiger charge is 2.34. The Bertz CT molecular complexity index is 564. The number of carboxylic acids is 1. The van der Waals surface area contributed by atoms with Gasteiger partial charge in [-0.2, -0.15) is 0 Å². The van der Waals surface area contributed by atoms with Crippen molar-refractivity contribution < 1.29 is 29.1 Å². The van der Waals surface area contributed by atoms with Gasteiger partial charge in [0.2, 0.25) is 23.6 Å². The highest BCUT2D eigenvalue weighted by molar-refractivity contribution is 5.92. The maximum absolute atomic E-state index is 12.3. The summed E-state index contributed by atoms with van der Waals surface area (Å²) in [4.78, 5) is 60.7. The van der Waals surface area contributed by atoms with Crippen molar-refractivity contribution in [2.45, 2.75) is 45.2 Å². The van der Waals surface area contributed by atoms with Crippen LogP contribution < -0.4 is 11.1 Å². The maximum atomic E-state index is 12.3. The first kappa shape index (κ1) is 20.4. The molecule has 1 fully saturated rings. The number of primary amides is 1. The Morgan fingerprint density at radius 3 is 2.48 bits per heavy atom. The van der Waals surface area contributed by atoms with Crippen LogP contribution in [0.15, 0.2) is 0 Å². The Morgan fingerprint density at radius 2 is 1.96 bits per heavy atom. The predicted octanol–water partition coefficient (Wildman–Crippen LogP) is -1.71. The van der Waals surface area contributed by atoms with Gasteiger partial charge < -0.3 is 26.0 Å². The first-order valence-corrected chi connectivity index (χ1v) is 8.06. The number of hydrogen-bond acceptors (Lipinski definition) is 5. The van der Waals surface area contributed by atoms with Gasteiger partial charge >= 0.3 is 5.97 Å². The van der Waals surface area contributed by atoms with Crippen molar-refractivity contribution in [2.24, 2.45) is 5.73 Å². The molecule has 1 rings (SSSR count). The molecule has 25 heavy (non-hydrogen) atoms. The summed E-state index contributed by atoms with van der Waals surface area (Å²) >= 11 is 0. The number of piperazine rings is 1. The first-order chi connectivity index (χ1) is 11.7. The van der Waals surface area contributed by atoms with Gasteiger partial charge in [0, 0.05) is 25.9 Å². The molecule has 0 bridgehead atoms. The number of amides is 4. The van der Waals surface area contributed by atoms with Gasteiger partial charge in [0.15, 0.2) is 0 Å². The summed E-state index contributed by atoms with van der Waals surface area (Å²) in [5.41, 5.74) is 4.97. The van der Waals surface area contributed by atoms with Crippen LogP contribution >= 0.6 is 0 Å². The number of nitrogens with two attached hydrogens (primary N) is 1. The summed E-state index contributed by atoms with van der Waals surface area (Å²) in [5.74, 6) is -3.10. The van der Waals surface area contributed by atoms with Crippen LogP contribution in [0.1, 0.15) is 33.1 Å². The molecule has 0 radical (unpaired) electrons. The predicted molar refractivity (Wildman–Crippen MR) is 86.0 cm³/mol. The van der Waals surface area contributed by atoms with Crippen LogP contribution in [0.25, 0.3) is 0 Å². The van der Waals surface area contributed by atoms with E-state index in [2.05, 4.69) is 5.32 Å². The summed E-state index contributed by atoms with van der Waals surface area (Å²) in [6.45, 7) is 3.50. The average Bonchev–Trinajstić information content (AvgIpc) is 2.54. The Morgan fingerprint density at radius 1 is 1.32 bits per heavy atom. The lowest BCUT2D eigenvalue weighted by molar-refractivity contribution is -0.152. The van der Waals surface area contributed by atoms with E-state index in [9.17, 15) is 24.0 Å². The Kier molecular flexibility index (Phi) is 7.34. The van der Waals surface area contributed by atoms with Gasteiger partial charge in [0.1, 0.15) is 12.1 Å². The lowest BCUT2D eigenvalue weighted by Gasteiger charge is -2.38. The standard InChI is InChI=1S/C15H24N4O6/c1-3-13(22)19-7-6-18(14(23)9(19)2)8-12(21)17-10(15(24)25)4-5-11(16)20/h9-10H,3-8H2,1-2H3,(H2,16,20)(H,17,21)(H,24,25). The van der Waals surface area contributed by atoms with Crippen molar-refractivity contribution in [1.29, 1.82) is 0 Å². The van der Waals surface area contributed by atoms with Crippen molar-refractivity contribution in [1.82, 2.24) is 15.1 Å². The molecule has 0 aromatic heterocycles. The fraction of sp³-hybridized carbons (Fsp3) is 0.667.